The first kappa shape index (κ1) is 23.1. The van der Waals surface area contributed by atoms with Gasteiger partial charge in [0, 0.05) is 45.3 Å². The molecule has 31 heavy (non-hydrogen) atoms. The summed E-state index contributed by atoms with van der Waals surface area (Å²) < 4.78 is 11.5. The monoisotopic (exact) mass is 424 g/mol. The largest absolute Gasteiger partial charge is 0.491 e. The molecule has 0 amide bonds. The number of nitrogens with one attached hydrogen (secondary N) is 2. The molecule has 6 heteroatoms. The number of ether oxygens (including phenoxy) is 2. The van der Waals surface area contributed by atoms with Gasteiger partial charge in [-0.05, 0) is 43.5 Å². The number of aryl methyl sites for hydroxylation is 1. The van der Waals surface area contributed by atoms with Crippen LogP contribution in [0.5, 0.6) is 5.75 Å². The Morgan fingerprint density at radius 2 is 1.71 bits per heavy atom. The minimum absolute atomic E-state index is 0.140. The second kappa shape index (κ2) is 11.7. The maximum atomic E-state index is 6.00. The number of hydrogen-bond acceptors (Lipinski definition) is 4. The van der Waals surface area contributed by atoms with Gasteiger partial charge in [-0.3, -0.25) is 9.89 Å². The van der Waals surface area contributed by atoms with Gasteiger partial charge in [-0.25, -0.2) is 0 Å². The quantitative estimate of drug-likeness (QED) is 0.502. The van der Waals surface area contributed by atoms with Crippen LogP contribution >= 0.6 is 0 Å². The van der Waals surface area contributed by atoms with E-state index >= 15 is 0 Å². The summed E-state index contributed by atoms with van der Waals surface area (Å²) in [6.07, 6.45) is 0.140. The Kier molecular flexibility index (Phi) is 8.74. The third-order valence-electron chi connectivity index (χ3n) is 5.32. The van der Waals surface area contributed by atoms with Crippen LogP contribution in [0, 0.1) is 6.92 Å². The lowest BCUT2D eigenvalue weighted by Gasteiger charge is -2.27. The minimum Gasteiger partial charge on any atom is -0.491 e. The molecule has 1 heterocycles. The zero-order valence-corrected chi connectivity index (χ0v) is 19.3. The molecule has 0 saturated carbocycles. The minimum atomic E-state index is 0.140. The van der Waals surface area contributed by atoms with Crippen molar-refractivity contribution < 1.29 is 9.47 Å². The zero-order chi connectivity index (χ0) is 22.1. The summed E-state index contributed by atoms with van der Waals surface area (Å²) in [6.45, 7) is 12.1. The molecule has 1 aliphatic rings. The normalized spacial score (nSPS) is 15.2. The van der Waals surface area contributed by atoms with Crippen LogP contribution in [0.15, 0.2) is 47.5 Å². The Hall–Kier alpha value is -2.57. The Morgan fingerprint density at radius 1 is 1.03 bits per heavy atom. The summed E-state index contributed by atoms with van der Waals surface area (Å²) in [5.74, 6) is 1.70. The first-order valence-electron chi connectivity index (χ1n) is 11.1. The van der Waals surface area contributed by atoms with E-state index in [2.05, 4.69) is 69.9 Å². The molecule has 0 spiro atoms. The number of rotatable bonds is 8. The van der Waals surface area contributed by atoms with Gasteiger partial charge in [-0.2, -0.15) is 0 Å². The summed E-state index contributed by atoms with van der Waals surface area (Å²) in [7, 11) is 1.80. The molecule has 1 fully saturated rings. The van der Waals surface area contributed by atoms with Crippen molar-refractivity contribution in [3.05, 3.63) is 64.7 Å². The number of nitrogens with zero attached hydrogens (tertiary/aromatic N) is 2. The Labute approximate surface area is 186 Å². The highest BCUT2D eigenvalue weighted by Gasteiger charge is 2.13. The van der Waals surface area contributed by atoms with Crippen molar-refractivity contribution in [2.24, 2.45) is 4.99 Å². The third-order valence-corrected chi connectivity index (χ3v) is 5.32. The fourth-order valence-corrected chi connectivity index (χ4v) is 3.63. The molecule has 0 atom stereocenters. The van der Waals surface area contributed by atoms with E-state index in [0.29, 0.717) is 6.54 Å². The molecule has 3 rings (SSSR count). The van der Waals surface area contributed by atoms with Crippen LogP contribution in [0.4, 0.5) is 0 Å². The van der Waals surface area contributed by atoms with Crippen molar-refractivity contribution in [2.75, 3.05) is 33.4 Å². The topological polar surface area (TPSA) is 58.1 Å². The molecule has 2 N–H and O–H groups in total. The van der Waals surface area contributed by atoms with E-state index in [1.807, 2.05) is 13.8 Å². The standard InChI is InChI=1S/C25H36N4O2/c1-19(2)31-24-15-20(3)9-10-22(24)17-28-25(26-4)27-16-21-7-5-6-8-23(21)18-29-11-13-30-14-12-29/h5-10,15,19H,11-14,16-18H2,1-4H3,(H2,26,27,28). The Morgan fingerprint density at radius 3 is 2.39 bits per heavy atom. The van der Waals surface area contributed by atoms with Crippen LogP contribution in [0.25, 0.3) is 0 Å². The molecule has 168 valence electrons. The molecule has 2 aromatic carbocycles. The van der Waals surface area contributed by atoms with E-state index in [0.717, 1.165) is 56.7 Å². The lowest BCUT2D eigenvalue weighted by Crippen LogP contribution is -2.37. The SMILES string of the molecule is CN=C(NCc1ccccc1CN1CCOCC1)NCc1ccc(C)cc1OC(C)C. The molecule has 0 aliphatic carbocycles. The average Bonchev–Trinajstić information content (AvgIpc) is 2.76. The molecule has 6 nitrogen and oxygen atoms in total. The first-order valence-corrected chi connectivity index (χ1v) is 11.1. The summed E-state index contributed by atoms with van der Waals surface area (Å²) in [5, 5.41) is 6.88. The van der Waals surface area contributed by atoms with Crippen molar-refractivity contribution in [3.63, 3.8) is 0 Å². The van der Waals surface area contributed by atoms with E-state index in [-0.39, 0.29) is 6.10 Å². The van der Waals surface area contributed by atoms with Crippen LogP contribution in [0.2, 0.25) is 0 Å². The number of morpholine rings is 1. The van der Waals surface area contributed by atoms with Crippen LogP contribution in [0.1, 0.15) is 36.1 Å². The summed E-state index contributed by atoms with van der Waals surface area (Å²) in [5.41, 5.74) is 4.95. The van der Waals surface area contributed by atoms with Gasteiger partial charge in [-0.1, -0.05) is 36.4 Å². The summed E-state index contributed by atoms with van der Waals surface area (Å²) >= 11 is 0. The lowest BCUT2D eigenvalue weighted by molar-refractivity contribution is 0.0341. The highest BCUT2D eigenvalue weighted by molar-refractivity contribution is 5.79. The van der Waals surface area contributed by atoms with Crippen LogP contribution in [-0.4, -0.2) is 50.3 Å². The molecule has 1 saturated heterocycles. The number of aliphatic imine (C=N–C) groups is 1. The van der Waals surface area contributed by atoms with Crippen molar-refractivity contribution in [2.45, 2.75) is 46.5 Å². The highest BCUT2D eigenvalue weighted by Crippen LogP contribution is 2.21. The molecule has 0 aromatic heterocycles. The fourth-order valence-electron chi connectivity index (χ4n) is 3.63. The van der Waals surface area contributed by atoms with E-state index in [9.17, 15) is 0 Å². The second-order valence-corrected chi connectivity index (χ2v) is 8.21. The smallest absolute Gasteiger partial charge is 0.191 e. The predicted molar refractivity (Wildman–Crippen MR) is 127 cm³/mol. The van der Waals surface area contributed by atoms with Gasteiger partial charge in [-0.15, -0.1) is 0 Å². The number of guanidine groups is 1. The van der Waals surface area contributed by atoms with E-state index in [1.54, 1.807) is 7.05 Å². The second-order valence-electron chi connectivity index (χ2n) is 8.21. The molecular weight excluding hydrogens is 388 g/mol. The van der Waals surface area contributed by atoms with Gasteiger partial charge in [0.2, 0.25) is 0 Å². The maximum Gasteiger partial charge on any atom is 0.191 e. The Bertz CT molecular complexity index is 860. The third kappa shape index (κ3) is 7.26. The van der Waals surface area contributed by atoms with Gasteiger partial charge >= 0.3 is 0 Å². The van der Waals surface area contributed by atoms with Gasteiger partial charge in [0.15, 0.2) is 5.96 Å². The van der Waals surface area contributed by atoms with Crippen molar-refractivity contribution >= 4 is 5.96 Å². The maximum absolute atomic E-state index is 6.00. The summed E-state index contributed by atoms with van der Waals surface area (Å²) in [4.78, 5) is 6.85. The first-order chi connectivity index (χ1) is 15.0. The molecule has 0 unspecified atom stereocenters. The molecule has 1 aliphatic heterocycles. The number of benzene rings is 2. The summed E-state index contributed by atoms with van der Waals surface area (Å²) in [6, 6.07) is 14.9. The van der Waals surface area contributed by atoms with Gasteiger partial charge < -0.3 is 20.1 Å². The van der Waals surface area contributed by atoms with Crippen LogP contribution in [0.3, 0.4) is 0 Å². The average molecular weight is 425 g/mol. The lowest BCUT2D eigenvalue weighted by atomic mass is 10.1. The van der Waals surface area contributed by atoms with Crippen molar-refractivity contribution in [3.8, 4) is 5.75 Å². The Balaban J connectivity index is 1.58. The molecular formula is C25H36N4O2. The van der Waals surface area contributed by atoms with E-state index < -0.39 is 0 Å². The van der Waals surface area contributed by atoms with E-state index in [1.165, 1.54) is 16.7 Å². The van der Waals surface area contributed by atoms with Gasteiger partial charge in [0.1, 0.15) is 5.75 Å². The van der Waals surface area contributed by atoms with Crippen molar-refractivity contribution in [1.29, 1.82) is 0 Å². The predicted octanol–water partition coefficient (Wildman–Crippen LogP) is 3.48. The van der Waals surface area contributed by atoms with Crippen LogP contribution < -0.4 is 15.4 Å². The van der Waals surface area contributed by atoms with Gasteiger partial charge in [0.25, 0.3) is 0 Å². The van der Waals surface area contributed by atoms with Gasteiger partial charge in [0.05, 0.1) is 19.3 Å². The van der Waals surface area contributed by atoms with E-state index in [4.69, 9.17) is 9.47 Å². The fraction of sp³-hybridized carbons (Fsp3) is 0.480. The van der Waals surface area contributed by atoms with Crippen molar-refractivity contribution in [1.82, 2.24) is 15.5 Å². The molecule has 0 bridgehead atoms. The van der Waals surface area contributed by atoms with Crippen LogP contribution in [-0.2, 0) is 24.4 Å². The number of hydrogen-bond donors (Lipinski definition) is 2. The molecule has 2 aromatic rings. The zero-order valence-electron chi connectivity index (χ0n) is 19.3. The highest BCUT2D eigenvalue weighted by atomic mass is 16.5. The molecule has 0 radical (unpaired) electrons.